The number of H-pyrrole nitrogens is 1. The molecule has 0 aliphatic rings. The fourth-order valence-electron chi connectivity index (χ4n) is 1.46. The van der Waals surface area contributed by atoms with Crippen molar-refractivity contribution in [3.8, 4) is 5.75 Å². The molecule has 0 aliphatic carbocycles. The Morgan fingerprint density at radius 3 is 2.78 bits per heavy atom. The minimum atomic E-state index is -0.0977. The van der Waals surface area contributed by atoms with Gasteiger partial charge in [-0.3, -0.25) is 4.79 Å². The fourth-order valence-corrected chi connectivity index (χ4v) is 1.46. The van der Waals surface area contributed by atoms with Gasteiger partial charge in [-0.15, -0.1) is 0 Å². The summed E-state index contributed by atoms with van der Waals surface area (Å²) in [5, 5.41) is 3.14. The van der Waals surface area contributed by atoms with E-state index in [1.165, 1.54) is 0 Å². The van der Waals surface area contributed by atoms with Crippen LogP contribution in [-0.4, -0.2) is 24.2 Å². The van der Waals surface area contributed by atoms with Crippen LogP contribution >= 0.6 is 0 Å². The molecule has 1 rings (SSSR count). The molecule has 1 aromatic heterocycles. The summed E-state index contributed by atoms with van der Waals surface area (Å²) in [4.78, 5) is 14.3. The van der Waals surface area contributed by atoms with E-state index in [4.69, 9.17) is 4.74 Å². The molecular weight excluding hydrogens is 228 g/mol. The van der Waals surface area contributed by atoms with Gasteiger partial charge in [0.2, 0.25) is 0 Å². The average molecular weight is 250 g/mol. The van der Waals surface area contributed by atoms with Crippen molar-refractivity contribution in [3.05, 3.63) is 34.3 Å². The summed E-state index contributed by atoms with van der Waals surface area (Å²) in [5.41, 5.74) is 0.524. The first-order valence-electron chi connectivity index (χ1n) is 6.26. The zero-order valence-corrected chi connectivity index (χ0v) is 11.5. The number of rotatable bonds is 6. The van der Waals surface area contributed by atoms with Crippen LogP contribution in [0.3, 0.4) is 0 Å². The molecule has 0 saturated heterocycles. The van der Waals surface area contributed by atoms with Crippen molar-refractivity contribution in [2.45, 2.75) is 39.3 Å². The van der Waals surface area contributed by atoms with E-state index in [0.29, 0.717) is 17.4 Å². The van der Waals surface area contributed by atoms with E-state index in [-0.39, 0.29) is 11.7 Å². The highest BCUT2D eigenvalue weighted by atomic mass is 16.5. The van der Waals surface area contributed by atoms with E-state index in [9.17, 15) is 4.79 Å². The molecule has 0 amide bonds. The summed E-state index contributed by atoms with van der Waals surface area (Å²) in [6.07, 6.45) is 6.39. The number of aromatic nitrogens is 1. The zero-order chi connectivity index (χ0) is 13.5. The van der Waals surface area contributed by atoms with Crippen LogP contribution in [0.2, 0.25) is 0 Å². The molecule has 0 saturated carbocycles. The quantitative estimate of drug-likeness (QED) is 0.813. The lowest BCUT2D eigenvalue weighted by molar-refractivity contribution is 0.241. The van der Waals surface area contributed by atoms with Crippen LogP contribution in [0.15, 0.2) is 23.1 Å². The molecule has 1 unspecified atom stereocenters. The summed E-state index contributed by atoms with van der Waals surface area (Å²) in [5.74, 6) is 0.686. The molecule has 0 aromatic carbocycles. The molecule has 0 spiro atoms. The van der Waals surface area contributed by atoms with E-state index in [0.717, 1.165) is 6.42 Å². The molecular formula is C14H22N2O2. The average Bonchev–Trinajstić information content (AvgIpc) is 2.32. The Balaban J connectivity index is 2.78. The van der Waals surface area contributed by atoms with Crippen molar-refractivity contribution < 1.29 is 4.74 Å². The lowest BCUT2D eigenvalue weighted by Gasteiger charge is -2.09. The van der Waals surface area contributed by atoms with Gasteiger partial charge < -0.3 is 15.0 Å². The third kappa shape index (κ3) is 4.75. The fraction of sp³-hybridized carbons (Fsp3) is 0.500. The van der Waals surface area contributed by atoms with E-state index >= 15 is 0 Å². The zero-order valence-electron chi connectivity index (χ0n) is 11.5. The largest absolute Gasteiger partial charge is 0.489 e. The van der Waals surface area contributed by atoms with Crippen LogP contribution < -0.4 is 15.6 Å². The first kappa shape index (κ1) is 14.5. The van der Waals surface area contributed by atoms with Crippen molar-refractivity contribution >= 4 is 6.08 Å². The molecule has 1 atom stereocenters. The van der Waals surface area contributed by atoms with Crippen LogP contribution in [-0.2, 0) is 0 Å². The summed E-state index contributed by atoms with van der Waals surface area (Å²) in [6.45, 7) is 6.00. The van der Waals surface area contributed by atoms with Crippen molar-refractivity contribution in [2.24, 2.45) is 0 Å². The second-order valence-electron chi connectivity index (χ2n) is 4.61. The van der Waals surface area contributed by atoms with Gasteiger partial charge in [0.25, 0.3) is 5.56 Å². The maximum absolute atomic E-state index is 11.6. The van der Waals surface area contributed by atoms with Gasteiger partial charge in [0.15, 0.2) is 0 Å². The Hall–Kier alpha value is -1.55. The SMILES string of the molecule is CNC(C)CC=Cc1cc(OC(C)C)c[nH]c1=O. The van der Waals surface area contributed by atoms with Gasteiger partial charge in [-0.2, -0.15) is 0 Å². The second kappa shape index (κ2) is 7.01. The first-order chi connectivity index (χ1) is 8.52. The normalized spacial score (nSPS) is 13.2. The summed E-state index contributed by atoms with van der Waals surface area (Å²) >= 11 is 0. The molecule has 4 nitrogen and oxygen atoms in total. The third-order valence-electron chi connectivity index (χ3n) is 2.56. The highest BCUT2D eigenvalue weighted by Gasteiger charge is 2.02. The molecule has 1 aromatic rings. The standard InChI is InChI=1S/C14H22N2O2/c1-10(2)18-13-8-12(14(17)16-9-13)7-5-6-11(3)15-4/h5,7-11,15H,6H2,1-4H3,(H,16,17). The van der Waals surface area contributed by atoms with Gasteiger partial charge in [0.05, 0.1) is 6.10 Å². The monoisotopic (exact) mass is 250 g/mol. The number of aromatic amines is 1. The number of hydrogen-bond donors (Lipinski definition) is 2. The maximum atomic E-state index is 11.6. The molecule has 0 radical (unpaired) electrons. The predicted octanol–water partition coefficient (Wildman–Crippen LogP) is 2.17. The van der Waals surface area contributed by atoms with Crippen LogP contribution in [0.25, 0.3) is 6.08 Å². The van der Waals surface area contributed by atoms with Crippen LogP contribution in [0.1, 0.15) is 32.8 Å². The number of nitrogens with one attached hydrogen (secondary N) is 2. The molecule has 4 heteroatoms. The van der Waals surface area contributed by atoms with Gasteiger partial charge in [-0.05, 0) is 40.3 Å². The van der Waals surface area contributed by atoms with Gasteiger partial charge in [0.1, 0.15) is 5.75 Å². The first-order valence-corrected chi connectivity index (χ1v) is 6.26. The van der Waals surface area contributed by atoms with Gasteiger partial charge in [0, 0.05) is 17.8 Å². The van der Waals surface area contributed by atoms with Gasteiger partial charge >= 0.3 is 0 Å². The summed E-state index contributed by atoms with van der Waals surface area (Å²) < 4.78 is 5.54. The Morgan fingerprint density at radius 2 is 2.17 bits per heavy atom. The Kier molecular flexibility index (Phi) is 5.65. The van der Waals surface area contributed by atoms with E-state index < -0.39 is 0 Å². The lowest BCUT2D eigenvalue weighted by Crippen LogP contribution is -2.19. The summed E-state index contributed by atoms with van der Waals surface area (Å²) in [6, 6.07) is 2.16. The number of hydrogen-bond acceptors (Lipinski definition) is 3. The molecule has 0 aliphatic heterocycles. The Labute approximate surface area is 108 Å². The smallest absolute Gasteiger partial charge is 0.255 e. The maximum Gasteiger partial charge on any atom is 0.255 e. The molecule has 1 heterocycles. The topological polar surface area (TPSA) is 54.1 Å². The highest BCUT2D eigenvalue weighted by molar-refractivity contribution is 5.49. The van der Waals surface area contributed by atoms with Crippen molar-refractivity contribution in [1.29, 1.82) is 0 Å². The second-order valence-corrected chi connectivity index (χ2v) is 4.61. The molecule has 100 valence electrons. The minimum Gasteiger partial charge on any atom is -0.489 e. The molecule has 0 bridgehead atoms. The van der Waals surface area contributed by atoms with Crippen molar-refractivity contribution in [3.63, 3.8) is 0 Å². The lowest BCUT2D eigenvalue weighted by atomic mass is 10.2. The van der Waals surface area contributed by atoms with Gasteiger partial charge in [-0.25, -0.2) is 0 Å². The van der Waals surface area contributed by atoms with Crippen LogP contribution in [0, 0.1) is 0 Å². The van der Waals surface area contributed by atoms with Crippen LogP contribution in [0.5, 0.6) is 5.75 Å². The third-order valence-corrected chi connectivity index (χ3v) is 2.56. The number of pyridine rings is 1. The highest BCUT2D eigenvalue weighted by Crippen LogP contribution is 2.11. The van der Waals surface area contributed by atoms with E-state index in [1.807, 2.05) is 33.0 Å². The summed E-state index contributed by atoms with van der Waals surface area (Å²) in [7, 11) is 1.92. The Morgan fingerprint density at radius 1 is 1.44 bits per heavy atom. The van der Waals surface area contributed by atoms with Crippen LogP contribution in [0.4, 0.5) is 0 Å². The van der Waals surface area contributed by atoms with E-state index in [2.05, 4.69) is 17.2 Å². The number of ether oxygens (including phenoxy) is 1. The minimum absolute atomic E-state index is 0.0945. The Bertz CT molecular complexity index is 449. The van der Waals surface area contributed by atoms with E-state index in [1.54, 1.807) is 12.3 Å². The molecule has 0 fully saturated rings. The molecule has 2 N–H and O–H groups in total. The predicted molar refractivity (Wildman–Crippen MR) is 75.0 cm³/mol. The molecule has 18 heavy (non-hydrogen) atoms. The van der Waals surface area contributed by atoms with Gasteiger partial charge in [-0.1, -0.05) is 12.2 Å². The van der Waals surface area contributed by atoms with Crippen molar-refractivity contribution in [2.75, 3.05) is 7.05 Å². The van der Waals surface area contributed by atoms with Crippen molar-refractivity contribution in [1.82, 2.24) is 10.3 Å².